The van der Waals surface area contributed by atoms with E-state index in [1.54, 1.807) is 11.8 Å². The predicted octanol–water partition coefficient (Wildman–Crippen LogP) is 0.468. The molecule has 0 aromatic heterocycles. The summed E-state index contributed by atoms with van der Waals surface area (Å²) in [5.41, 5.74) is 6.00. The van der Waals surface area contributed by atoms with Crippen molar-refractivity contribution in [2.45, 2.75) is 43.8 Å². The molecule has 2 rings (SSSR count). The monoisotopic (exact) mass is 287 g/mol. The number of aliphatic carboxylic acids is 1. The van der Waals surface area contributed by atoms with Gasteiger partial charge in [-0.15, -0.1) is 0 Å². The molecule has 19 heavy (non-hydrogen) atoms. The van der Waals surface area contributed by atoms with Gasteiger partial charge < -0.3 is 21.1 Å². The van der Waals surface area contributed by atoms with Crippen molar-refractivity contribution in [3.05, 3.63) is 0 Å². The molecule has 2 amide bonds. The van der Waals surface area contributed by atoms with E-state index in [1.165, 1.54) is 4.90 Å². The second-order valence-electron chi connectivity index (χ2n) is 5.13. The average Bonchev–Trinajstić information content (AvgIpc) is 2.41. The van der Waals surface area contributed by atoms with Gasteiger partial charge in [0.25, 0.3) is 0 Å². The number of hydrogen-bond donors (Lipinski definition) is 3. The van der Waals surface area contributed by atoms with Crippen LogP contribution in [-0.2, 0) is 4.79 Å². The third-order valence-corrected chi connectivity index (χ3v) is 4.83. The van der Waals surface area contributed by atoms with Crippen LogP contribution in [0.2, 0.25) is 0 Å². The third kappa shape index (κ3) is 3.54. The number of carboxylic acids is 1. The van der Waals surface area contributed by atoms with Crippen LogP contribution in [-0.4, -0.2) is 58.2 Å². The lowest BCUT2D eigenvalue weighted by atomic mass is 9.91. The lowest BCUT2D eigenvalue weighted by Crippen LogP contribution is -2.58. The van der Waals surface area contributed by atoms with E-state index in [9.17, 15) is 9.59 Å². The van der Waals surface area contributed by atoms with Crippen molar-refractivity contribution in [1.82, 2.24) is 10.2 Å². The van der Waals surface area contributed by atoms with Crippen LogP contribution in [0.1, 0.15) is 25.7 Å². The number of nitrogens with two attached hydrogens (primary N) is 1. The summed E-state index contributed by atoms with van der Waals surface area (Å²) in [7, 11) is 0. The number of rotatable bonds is 2. The molecule has 108 valence electrons. The summed E-state index contributed by atoms with van der Waals surface area (Å²) in [5.74, 6) is 0.309. The second kappa shape index (κ2) is 6.47. The molecule has 1 saturated carbocycles. The maximum absolute atomic E-state index is 12.2. The zero-order chi connectivity index (χ0) is 13.8. The number of carboxylic acid groups (broad SMARTS) is 1. The Balaban J connectivity index is 1.95. The first-order valence-electron chi connectivity index (χ1n) is 6.73. The summed E-state index contributed by atoms with van der Waals surface area (Å²) < 4.78 is 0. The molecule has 3 unspecified atom stereocenters. The van der Waals surface area contributed by atoms with Gasteiger partial charge in [-0.3, -0.25) is 0 Å². The van der Waals surface area contributed by atoms with E-state index < -0.39 is 12.0 Å². The number of urea groups is 1. The second-order valence-corrected chi connectivity index (χ2v) is 6.28. The van der Waals surface area contributed by atoms with Crippen LogP contribution < -0.4 is 11.1 Å². The highest BCUT2D eigenvalue weighted by atomic mass is 32.2. The van der Waals surface area contributed by atoms with Gasteiger partial charge in [-0.25, -0.2) is 9.59 Å². The van der Waals surface area contributed by atoms with Gasteiger partial charge in [0.2, 0.25) is 0 Å². The summed E-state index contributed by atoms with van der Waals surface area (Å²) >= 11 is 1.57. The molecule has 1 heterocycles. The van der Waals surface area contributed by atoms with Crippen LogP contribution in [0, 0.1) is 0 Å². The van der Waals surface area contributed by atoms with Crippen LogP contribution >= 0.6 is 11.8 Å². The molecular formula is C12H21N3O3S. The van der Waals surface area contributed by atoms with Crippen LogP contribution in [0.4, 0.5) is 4.79 Å². The van der Waals surface area contributed by atoms with Crippen LogP contribution in [0.5, 0.6) is 0 Å². The van der Waals surface area contributed by atoms with Crippen LogP contribution in [0.25, 0.3) is 0 Å². The van der Waals surface area contributed by atoms with Crippen molar-refractivity contribution in [3.63, 3.8) is 0 Å². The normalized spacial score (nSPS) is 31.8. The Labute approximate surface area is 117 Å². The molecule has 0 radical (unpaired) electrons. The zero-order valence-electron chi connectivity index (χ0n) is 10.9. The first kappa shape index (κ1) is 14.5. The molecule has 1 aliphatic heterocycles. The van der Waals surface area contributed by atoms with Crippen molar-refractivity contribution in [1.29, 1.82) is 0 Å². The summed E-state index contributed by atoms with van der Waals surface area (Å²) in [6.45, 7) is 0.482. The molecule has 1 aliphatic carbocycles. The minimum atomic E-state index is -0.935. The molecule has 2 aliphatic rings. The maximum atomic E-state index is 12.2. The average molecular weight is 287 g/mol. The minimum absolute atomic E-state index is 0.0138. The van der Waals surface area contributed by atoms with E-state index in [1.807, 2.05) is 0 Å². The van der Waals surface area contributed by atoms with Gasteiger partial charge in [-0.1, -0.05) is 12.8 Å². The largest absolute Gasteiger partial charge is 0.480 e. The Morgan fingerprint density at radius 3 is 2.74 bits per heavy atom. The van der Waals surface area contributed by atoms with Gasteiger partial charge >= 0.3 is 12.0 Å². The van der Waals surface area contributed by atoms with Crippen molar-refractivity contribution in [3.8, 4) is 0 Å². The predicted molar refractivity (Wildman–Crippen MR) is 74.2 cm³/mol. The highest BCUT2D eigenvalue weighted by molar-refractivity contribution is 7.99. The third-order valence-electron chi connectivity index (χ3n) is 3.80. The molecule has 3 atom stereocenters. The van der Waals surface area contributed by atoms with E-state index in [0.29, 0.717) is 12.3 Å². The fourth-order valence-electron chi connectivity index (χ4n) is 2.63. The number of thioether (sulfide) groups is 1. The van der Waals surface area contributed by atoms with E-state index in [0.717, 1.165) is 31.4 Å². The fraction of sp³-hybridized carbons (Fsp3) is 0.833. The molecule has 0 bridgehead atoms. The summed E-state index contributed by atoms with van der Waals surface area (Å²) in [4.78, 5) is 24.8. The van der Waals surface area contributed by atoms with Gasteiger partial charge in [0.1, 0.15) is 6.04 Å². The van der Waals surface area contributed by atoms with E-state index in [-0.39, 0.29) is 18.1 Å². The molecule has 7 heteroatoms. The molecule has 0 spiro atoms. The van der Waals surface area contributed by atoms with Gasteiger partial charge in [0.15, 0.2) is 0 Å². The quantitative estimate of drug-likeness (QED) is 0.686. The van der Waals surface area contributed by atoms with Gasteiger partial charge in [0, 0.05) is 30.1 Å². The zero-order valence-corrected chi connectivity index (χ0v) is 11.7. The first-order chi connectivity index (χ1) is 9.09. The smallest absolute Gasteiger partial charge is 0.327 e. The number of carbonyl (C=O) groups is 2. The summed E-state index contributed by atoms with van der Waals surface area (Å²) in [6, 6.07) is -1.04. The number of amides is 2. The highest BCUT2D eigenvalue weighted by Gasteiger charge is 2.34. The lowest BCUT2D eigenvalue weighted by molar-refractivity contribution is -0.141. The Morgan fingerprint density at radius 2 is 2.05 bits per heavy atom. The van der Waals surface area contributed by atoms with Crippen molar-refractivity contribution >= 4 is 23.8 Å². The van der Waals surface area contributed by atoms with Gasteiger partial charge in [-0.05, 0) is 12.8 Å². The standard InChI is InChI=1S/C12H21N3O3S/c13-8-3-1-2-4-9(8)14-12(18)15-5-6-19-7-10(15)11(16)17/h8-10H,1-7,13H2,(H,14,18)(H,16,17). The fourth-order valence-corrected chi connectivity index (χ4v) is 3.67. The maximum Gasteiger partial charge on any atom is 0.327 e. The summed E-state index contributed by atoms with van der Waals surface area (Å²) in [6.07, 6.45) is 3.97. The molecule has 2 fully saturated rings. The van der Waals surface area contributed by atoms with Crippen LogP contribution in [0.3, 0.4) is 0 Å². The molecule has 0 aromatic rings. The van der Waals surface area contributed by atoms with Crippen molar-refractivity contribution in [2.24, 2.45) is 5.73 Å². The Morgan fingerprint density at radius 1 is 1.32 bits per heavy atom. The molecular weight excluding hydrogens is 266 g/mol. The number of nitrogens with one attached hydrogen (secondary N) is 1. The first-order valence-corrected chi connectivity index (χ1v) is 7.88. The lowest BCUT2D eigenvalue weighted by Gasteiger charge is -2.36. The number of nitrogens with zero attached hydrogens (tertiary/aromatic N) is 1. The van der Waals surface area contributed by atoms with E-state index >= 15 is 0 Å². The molecule has 4 N–H and O–H groups in total. The Bertz CT molecular complexity index is 353. The molecule has 1 saturated heterocycles. The van der Waals surface area contributed by atoms with E-state index in [4.69, 9.17) is 10.8 Å². The summed E-state index contributed by atoms with van der Waals surface area (Å²) in [5, 5.41) is 12.1. The molecule has 0 aromatic carbocycles. The SMILES string of the molecule is NC1CCCCC1NC(=O)N1CCSCC1C(=O)O. The molecule has 6 nitrogen and oxygen atoms in total. The van der Waals surface area contributed by atoms with Gasteiger partial charge in [0.05, 0.1) is 0 Å². The van der Waals surface area contributed by atoms with E-state index in [2.05, 4.69) is 5.32 Å². The van der Waals surface area contributed by atoms with Crippen molar-refractivity contribution < 1.29 is 14.7 Å². The van der Waals surface area contributed by atoms with Crippen molar-refractivity contribution in [2.75, 3.05) is 18.1 Å². The Hall–Kier alpha value is -0.950. The topological polar surface area (TPSA) is 95.7 Å². The number of hydrogen-bond acceptors (Lipinski definition) is 4. The number of carbonyl (C=O) groups excluding carboxylic acids is 1. The Kier molecular flexibility index (Phi) is 4.93. The van der Waals surface area contributed by atoms with Gasteiger partial charge in [-0.2, -0.15) is 11.8 Å². The van der Waals surface area contributed by atoms with Crippen LogP contribution in [0.15, 0.2) is 0 Å². The highest BCUT2D eigenvalue weighted by Crippen LogP contribution is 2.20. The minimum Gasteiger partial charge on any atom is -0.480 e.